The van der Waals surface area contributed by atoms with Crippen LogP contribution in [0.3, 0.4) is 0 Å². The Morgan fingerprint density at radius 3 is 2.22 bits per heavy atom. The van der Waals surface area contributed by atoms with E-state index in [1.54, 1.807) is 13.8 Å². The van der Waals surface area contributed by atoms with Gasteiger partial charge in [0.05, 0.1) is 30.2 Å². The van der Waals surface area contributed by atoms with Gasteiger partial charge in [0.25, 0.3) is 0 Å². The minimum absolute atomic E-state index is 0.157. The van der Waals surface area contributed by atoms with Gasteiger partial charge in [-0.25, -0.2) is 13.2 Å². The summed E-state index contributed by atoms with van der Waals surface area (Å²) in [6.07, 6.45) is -0.404. The number of ether oxygens (including phenoxy) is 1. The van der Waals surface area contributed by atoms with Crippen molar-refractivity contribution in [2.75, 3.05) is 18.1 Å². The number of sulfone groups is 1. The molecule has 18 heavy (non-hydrogen) atoms. The van der Waals surface area contributed by atoms with Gasteiger partial charge in [0.1, 0.15) is 0 Å². The Balaban J connectivity index is 2.67. The molecule has 0 unspecified atom stereocenters. The third-order valence-electron chi connectivity index (χ3n) is 2.60. The maximum Gasteiger partial charge on any atom is 0.407 e. The Hall–Kier alpha value is -1.31. The topological polar surface area (TPSA) is 102 Å². The van der Waals surface area contributed by atoms with Crippen LogP contribution in [-0.4, -0.2) is 50.6 Å². The number of hydrogen-bond acceptors (Lipinski definition) is 5. The summed E-state index contributed by atoms with van der Waals surface area (Å²) in [5, 5.41) is 5.05. The van der Waals surface area contributed by atoms with E-state index in [1.165, 1.54) is 0 Å². The predicted octanol–water partition coefficient (Wildman–Crippen LogP) is -0.576. The Morgan fingerprint density at radius 1 is 1.17 bits per heavy atom. The highest BCUT2D eigenvalue weighted by molar-refractivity contribution is 7.91. The van der Waals surface area contributed by atoms with Crippen molar-refractivity contribution in [2.24, 2.45) is 0 Å². The van der Waals surface area contributed by atoms with E-state index in [2.05, 4.69) is 10.6 Å². The SMILES string of the molecule is CCOC(=O)N[C@@H]1CS(=O)(=O)C[C@H]1NC(=O)CC. The molecule has 0 aliphatic carbocycles. The van der Waals surface area contributed by atoms with E-state index >= 15 is 0 Å². The number of alkyl carbamates (subject to hydrolysis) is 1. The highest BCUT2D eigenvalue weighted by atomic mass is 32.2. The molecule has 8 heteroatoms. The maximum atomic E-state index is 11.5. The Kier molecular flexibility index (Phi) is 4.94. The zero-order chi connectivity index (χ0) is 13.8. The highest BCUT2D eigenvalue weighted by Gasteiger charge is 2.39. The molecule has 1 fully saturated rings. The van der Waals surface area contributed by atoms with E-state index in [-0.39, 0.29) is 30.4 Å². The quantitative estimate of drug-likeness (QED) is 0.716. The van der Waals surface area contributed by atoms with Gasteiger partial charge in [-0.3, -0.25) is 4.79 Å². The number of amides is 2. The molecule has 0 aromatic carbocycles. The average Bonchev–Trinajstić information content (AvgIpc) is 2.53. The van der Waals surface area contributed by atoms with E-state index in [0.717, 1.165) is 0 Å². The van der Waals surface area contributed by atoms with E-state index in [9.17, 15) is 18.0 Å². The molecule has 0 aromatic heterocycles. The molecule has 2 amide bonds. The molecule has 1 saturated heterocycles. The summed E-state index contributed by atoms with van der Waals surface area (Å²) in [4.78, 5) is 22.6. The van der Waals surface area contributed by atoms with Crippen molar-refractivity contribution in [2.45, 2.75) is 32.4 Å². The number of carbonyl (C=O) groups excluding carboxylic acids is 2. The summed E-state index contributed by atoms with van der Waals surface area (Å²) in [5.41, 5.74) is 0. The first-order valence-corrected chi connectivity index (χ1v) is 7.63. The summed E-state index contributed by atoms with van der Waals surface area (Å²) in [7, 11) is -3.24. The fourth-order valence-electron chi connectivity index (χ4n) is 1.76. The lowest BCUT2D eigenvalue weighted by Crippen LogP contribution is -2.50. The fraction of sp³-hybridized carbons (Fsp3) is 0.800. The lowest BCUT2D eigenvalue weighted by molar-refractivity contribution is -0.121. The molecule has 104 valence electrons. The summed E-state index contributed by atoms with van der Waals surface area (Å²) >= 11 is 0. The Labute approximate surface area is 106 Å². The van der Waals surface area contributed by atoms with Crippen LogP contribution in [0.2, 0.25) is 0 Å². The number of hydrogen-bond donors (Lipinski definition) is 2. The lowest BCUT2D eigenvalue weighted by atomic mass is 10.1. The number of carbonyl (C=O) groups is 2. The van der Waals surface area contributed by atoms with Crippen molar-refractivity contribution < 1.29 is 22.7 Å². The molecule has 1 heterocycles. The van der Waals surface area contributed by atoms with Gasteiger partial charge in [0.15, 0.2) is 9.84 Å². The van der Waals surface area contributed by atoms with Crippen LogP contribution in [0.1, 0.15) is 20.3 Å². The van der Waals surface area contributed by atoms with Crippen LogP contribution < -0.4 is 10.6 Å². The minimum atomic E-state index is -3.24. The maximum absolute atomic E-state index is 11.5. The summed E-state index contributed by atoms with van der Waals surface area (Å²) in [5.74, 6) is -0.580. The monoisotopic (exact) mass is 278 g/mol. The van der Waals surface area contributed by atoms with Crippen LogP contribution in [0.4, 0.5) is 4.79 Å². The van der Waals surface area contributed by atoms with Crippen molar-refractivity contribution in [3.8, 4) is 0 Å². The van der Waals surface area contributed by atoms with Gasteiger partial charge in [-0.2, -0.15) is 0 Å². The second kappa shape index (κ2) is 6.03. The van der Waals surface area contributed by atoms with Crippen molar-refractivity contribution in [3.63, 3.8) is 0 Å². The van der Waals surface area contributed by atoms with E-state index in [1.807, 2.05) is 0 Å². The largest absolute Gasteiger partial charge is 0.450 e. The first-order valence-electron chi connectivity index (χ1n) is 5.81. The molecule has 0 saturated carbocycles. The van der Waals surface area contributed by atoms with Gasteiger partial charge in [-0.1, -0.05) is 6.92 Å². The molecular formula is C10H18N2O5S. The Morgan fingerprint density at radius 2 is 1.72 bits per heavy atom. The highest BCUT2D eigenvalue weighted by Crippen LogP contribution is 2.13. The average molecular weight is 278 g/mol. The van der Waals surface area contributed by atoms with E-state index in [0.29, 0.717) is 0 Å². The van der Waals surface area contributed by atoms with Gasteiger partial charge in [0, 0.05) is 6.42 Å². The van der Waals surface area contributed by atoms with Gasteiger partial charge >= 0.3 is 6.09 Å². The third kappa shape index (κ3) is 4.17. The van der Waals surface area contributed by atoms with E-state index < -0.39 is 28.0 Å². The third-order valence-corrected chi connectivity index (χ3v) is 4.33. The first kappa shape index (κ1) is 14.7. The Bertz CT molecular complexity index is 420. The summed E-state index contributed by atoms with van der Waals surface area (Å²) in [6, 6.07) is -1.23. The van der Waals surface area contributed by atoms with Crippen LogP contribution in [0.25, 0.3) is 0 Å². The molecule has 0 spiro atoms. The second-order valence-corrected chi connectivity index (χ2v) is 6.23. The number of rotatable bonds is 4. The van der Waals surface area contributed by atoms with Crippen LogP contribution in [-0.2, 0) is 19.4 Å². The summed E-state index contributed by atoms with van der Waals surface area (Å²) < 4.78 is 27.7. The molecule has 1 aliphatic heterocycles. The van der Waals surface area contributed by atoms with Crippen molar-refractivity contribution in [3.05, 3.63) is 0 Å². The smallest absolute Gasteiger partial charge is 0.407 e. The zero-order valence-corrected chi connectivity index (χ0v) is 11.2. The molecule has 7 nitrogen and oxygen atoms in total. The molecule has 0 bridgehead atoms. The van der Waals surface area contributed by atoms with Gasteiger partial charge < -0.3 is 15.4 Å². The lowest BCUT2D eigenvalue weighted by Gasteiger charge is -2.20. The summed E-state index contributed by atoms with van der Waals surface area (Å²) in [6.45, 7) is 3.53. The van der Waals surface area contributed by atoms with Gasteiger partial charge in [-0.15, -0.1) is 0 Å². The molecule has 1 rings (SSSR count). The van der Waals surface area contributed by atoms with Crippen LogP contribution in [0, 0.1) is 0 Å². The minimum Gasteiger partial charge on any atom is -0.450 e. The van der Waals surface area contributed by atoms with Gasteiger partial charge in [-0.05, 0) is 6.92 Å². The standard InChI is InChI=1S/C10H18N2O5S/c1-3-9(13)11-7-5-18(15,16)6-8(7)12-10(14)17-4-2/h7-8H,3-6H2,1-2H3,(H,11,13)(H,12,14)/t7-,8-/m1/s1. The van der Waals surface area contributed by atoms with Crippen LogP contribution >= 0.6 is 0 Å². The van der Waals surface area contributed by atoms with Crippen LogP contribution in [0.5, 0.6) is 0 Å². The molecule has 2 atom stereocenters. The molecule has 2 N–H and O–H groups in total. The molecule has 0 aromatic rings. The van der Waals surface area contributed by atoms with Crippen molar-refractivity contribution in [1.82, 2.24) is 10.6 Å². The predicted molar refractivity (Wildman–Crippen MR) is 64.8 cm³/mol. The van der Waals surface area contributed by atoms with Gasteiger partial charge in [0.2, 0.25) is 5.91 Å². The molecule has 0 radical (unpaired) electrons. The van der Waals surface area contributed by atoms with Crippen LogP contribution in [0.15, 0.2) is 0 Å². The molecular weight excluding hydrogens is 260 g/mol. The second-order valence-electron chi connectivity index (χ2n) is 4.08. The fourth-order valence-corrected chi connectivity index (χ4v) is 3.63. The number of nitrogens with one attached hydrogen (secondary N) is 2. The molecule has 1 aliphatic rings. The van der Waals surface area contributed by atoms with Crippen molar-refractivity contribution >= 4 is 21.8 Å². The van der Waals surface area contributed by atoms with Crippen molar-refractivity contribution in [1.29, 1.82) is 0 Å². The normalized spacial score (nSPS) is 25.4. The van der Waals surface area contributed by atoms with E-state index in [4.69, 9.17) is 4.74 Å². The zero-order valence-electron chi connectivity index (χ0n) is 10.4. The first-order chi connectivity index (χ1) is 8.38.